The van der Waals surface area contributed by atoms with Gasteiger partial charge in [0.25, 0.3) is 0 Å². The zero-order chi connectivity index (χ0) is 18.8. The number of carbonyl (C=O) groups excluding carboxylic acids is 1. The molecule has 0 aliphatic rings. The molecule has 0 fully saturated rings. The van der Waals surface area contributed by atoms with E-state index in [1.54, 1.807) is 36.4 Å². The summed E-state index contributed by atoms with van der Waals surface area (Å²) in [4.78, 5) is 12.8. The standard InChI is InChI=1S/C21H27NO4.ClH/c1-2-12-22-14-19(24)15-26-20(13-16-8-10-18(23)11-9-16)21(25)17-6-4-3-5-7-17;/h3-11,19-20,22-24H,2,12-15H2,1H3;1H. The Morgan fingerprint density at radius 2 is 1.78 bits per heavy atom. The highest BCUT2D eigenvalue weighted by atomic mass is 35.5. The van der Waals surface area contributed by atoms with E-state index in [1.807, 2.05) is 18.2 Å². The molecule has 3 N–H and O–H groups in total. The number of aliphatic hydroxyl groups excluding tert-OH is 1. The average Bonchev–Trinajstić information content (AvgIpc) is 2.67. The monoisotopic (exact) mass is 393 g/mol. The summed E-state index contributed by atoms with van der Waals surface area (Å²) in [5.74, 6) is 0.0606. The van der Waals surface area contributed by atoms with Crippen LogP contribution in [0.15, 0.2) is 54.6 Å². The second-order valence-corrected chi connectivity index (χ2v) is 6.28. The number of rotatable bonds is 11. The van der Waals surface area contributed by atoms with Gasteiger partial charge in [-0.05, 0) is 30.7 Å². The fourth-order valence-corrected chi connectivity index (χ4v) is 2.59. The van der Waals surface area contributed by atoms with Gasteiger partial charge in [-0.3, -0.25) is 4.79 Å². The molecule has 0 spiro atoms. The third-order valence-corrected chi connectivity index (χ3v) is 4.00. The van der Waals surface area contributed by atoms with Crippen LogP contribution in [0.5, 0.6) is 5.75 Å². The van der Waals surface area contributed by atoms with Crippen molar-refractivity contribution in [3.8, 4) is 5.75 Å². The first kappa shape index (κ1) is 23.1. The molecule has 0 amide bonds. The van der Waals surface area contributed by atoms with Crippen LogP contribution in [0.25, 0.3) is 0 Å². The van der Waals surface area contributed by atoms with Crippen molar-refractivity contribution in [1.82, 2.24) is 5.32 Å². The number of ketones is 1. The number of benzene rings is 2. The van der Waals surface area contributed by atoms with E-state index in [0.29, 0.717) is 18.5 Å². The van der Waals surface area contributed by atoms with Crippen LogP contribution in [0.4, 0.5) is 0 Å². The zero-order valence-corrected chi connectivity index (χ0v) is 16.3. The fourth-order valence-electron chi connectivity index (χ4n) is 2.59. The number of Topliss-reactive ketones (excluding diaryl/α,β-unsaturated/α-hetero) is 1. The molecule has 0 aromatic heterocycles. The number of aromatic hydroxyl groups is 1. The molecule has 2 aromatic rings. The van der Waals surface area contributed by atoms with E-state index < -0.39 is 12.2 Å². The second kappa shape index (κ2) is 12.5. The lowest BCUT2D eigenvalue weighted by molar-refractivity contribution is -0.00162. The van der Waals surface area contributed by atoms with Gasteiger partial charge in [0.2, 0.25) is 0 Å². The van der Waals surface area contributed by atoms with Crippen molar-refractivity contribution in [1.29, 1.82) is 0 Å². The number of hydrogen-bond acceptors (Lipinski definition) is 5. The van der Waals surface area contributed by atoms with Crippen molar-refractivity contribution in [2.24, 2.45) is 0 Å². The first-order valence-electron chi connectivity index (χ1n) is 8.97. The number of phenols is 1. The van der Waals surface area contributed by atoms with Crippen LogP contribution in [0.3, 0.4) is 0 Å². The van der Waals surface area contributed by atoms with E-state index >= 15 is 0 Å². The molecule has 0 aliphatic carbocycles. The smallest absolute Gasteiger partial charge is 0.191 e. The third-order valence-electron chi connectivity index (χ3n) is 4.00. The molecule has 0 radical (unpaired) electrons. The Morgan fingerprint density at radius 3 is 2.41 bits per heavy atom. The summed E-state index contributed by atoms with van der Waals surface area (Å²) >= 11 is 0. The molecule has 0 aliphatic heterocycles. The van der Waals surface area contributed by atoms with Crippen LogP contribution in [0, 0.1) is 0 Å². The Bertz CT molecular complexity index is 664. The highest BCUT2D eigenvalue weighted by Gasteiger charge is 2.22. The molecule has 0 bridgehead atoms. The van der Waals surface area contributed by atoms with Crippen molar-refractivity contribution >= 4 is 18.2 Å². The number of phenolic OH excluding ortho intramolecular Hbond substituents is 1. The lowest BCUT2D eigenvalue weighted by atomic mass is 9.99. The molecule has 0 saturated heterocycles. The Hall–Kier alpha value is -1.92. The normalized spacial score (nSPS) is 12.8. The van der Waals surface area contributed by atoms with E-state index in [9.17, 15) is 15.0 Å². The summed E-state index contributed by atoms with van der Waals surface area (Å²) in [6, 6.07) is 15.7. The van der Waals surface area contributed by atoms with Crippen molar-refractivity contribution in [2.75, 3.05) is 19.7 Å². The molecule has 2 atom stereocenters. The lowest BCUT2D eigenvalue weighted by Crippen LogP contribution is -2.35. The van der Waals surface area contributed by atoms with Gasteiger partial charge < -0.3 is 20.3 Å². The maximum Gasteiger partial charge on any atom is 0.191 e. The summed E-state index contributed by atoms with van der Waals surface area (Å²) in [5.41, 5.74) is 1.46. The lowest BCUT2D eigenvalue weighted by Gasteiger charge is -2.20. The van der Waals surface area contributed by atoms with Gasteiger partial charge in [-0.15, -0.1) is 12.4 Å². The van der Waals surface area contributed by atoms with Gasteiger partial charge in [0.15, 0.2) is 5.78 Å². The summed E-state index contributed by atoms with van der Waals surface area (Å²) in [6.07, 6.45) is 0.00218. The van der Waals surface area contributed by atoms with Crippen LogP contribution in [0.1, 0.15) is 29.3 Å². The van der Waals surface area contributed by atoms with Crippen LogP contribution >= 0.6 is 12.4 Å². The van der Waals surface area contributed by atoms with E-state index in [4.69, 9.17) is 4.74 Å². The van der Waals surface area contributed by atoms with E-state index in [1.165, 1.54) is 0 Å². The third kappa shape index (κ3) is 8.10. The van der Waals surface area contributed by atoms with E-state index in [0.717, 1.165) is 18.5 Å². The number of ether oxygens (including phenoxy) is 1. The molecule has 6 heteroatoms. The number of hydrogen-bond donors (Lipinski definition) is 3. The highest BCUT2D eigenvalue weighted by Crippen LogP contribution is 2.16. The van der Waals surface area contributed by atoms with Crippen LogP contribution in [-0.2, 0) is 11.2 Å². The SMILES string of the molecule is CCCNCC(O)COC(Cc1ccc(O)cc1)C(=O)c1ccccc1.Cl. The quantitative estimate of drug-likeness (QED) is 0.404. The number of carbonyl (C=O) groups is 1. The number of halogens is 1. The van der Waals surface area contributed by atoms with Crippen LogP contribution in [-0.4, -0.2) is 47.9 Å². The Morgan fingerprint density at radius 1 is 1.11 bits per heavy atom. The van der Waals surface area contributed by atoms with Gasteiger partial charge >= 0.3 is 0 Å². The minimum Gasteiger partial charge on any atom is -0.508 e. The molecular formula is C21H28ClNO4. The molecule has 148 valence electrons. The maximum absolute atomic E-state index is 12.8. The summed E-state index contributed by atoms with van der Waals surface area (Å²) in [7, 11) is 0. The highest BCUT2D eigenvalue weighted by molar-refractivity contribution is 5.99. The topological polar surface area (TPSA) is 78.8 Å². The summed E-state index contributed by atoms with van der Waals surface area (Å²) in [5, 5.41) is 22.6. The Kier molecular flexibility index (Phi) is 10.7. The van der Waals surface area contributed by atoms with Crippen LogP contribution < -0.4 is 5.32 Å². The molecule has 5 nitrogen and oxygen atoms in total. The van der Waals surface area contributed by atoms with Gasteiger partial charge in [0, 0.05) is 18.5 Å². The largest absolute Gasteiger partial charge is 0.508 e. The first-order chi connectivity index (χ1) is 12.6. The Balaban J connectivity index is 0.00000364. The first-order valence-corrected chi connectivity index (χ1v) is 8.97. The minimum absolute atomic E-state index is 0. The number of nitrogens with one attached hydrogen (secondary N) is 1. The summed E-state index contributed by atoms with van der Waals surface area (Å²) < 4.78 is 5.78. The predicted molar refractivity (Wildman–Crippen MR) is 109 cm³/mol. The molecule has 2 aromatic carbocycles. The zero-order valence-electron chi connectivity index (χ0n) is 15.5. The molecule has 2 rings (SSSR count). The van der Waals surface area contributed by atoms with Crippen molar-refractivity contribution in [3.63, 3.8) is 0 Å². The second-order valence-electron chi connectivity index (χ2n) is 6.28. The van der Waals surface area contributed by atoms with E-state index in [2.05, 4.69) is 12.2 Å². The molecular weight excluding hydrogens is 366 g/mol. The van der Waals surface area contributed by atoms with Crippen LogP contribution in [0.2, 0.25) is 0 Å². The molecule has 0 heterocycles. The van der Waals surface area contributed by atoms with Gasteiger partial charge in [0.1, 0.15) is 11.9 Å². The van der Waals surface area contributed by atoms with Gasteiger partial charge in [0.05, 0.1) is 12.7 Å². The molecule has 27 heavy (non-hydrogen) atoms. The van der Waals surface area contributed by atoms with Gasteiger partial charge in [-0.25, -0.2) is 0 Å². The molecule has 2 unspecified atom stereocenters. The average molecular weight is 394 g/mol. The molecule has 0 saturated carbocycles. The predicted octanol–water partition coefficient (Wildman–Crippen LogP) is 2.99. The fraction of sp³-hybridized carbons (Fsp3) is 0.381. The minimum atomic E-state index is -0.692. The Labute approximate surface area is 166 Å². The number of aliphatic hydroxyl groups is 1. The van der Waals surface area contributed by atoms with Gasteiger partial charge in [-0.2, -0.15) is 0 Å². The summed E-state index contributed by atoms with van der Waals surface area (Å²) in [6.45, 7) is 3.40. The maximum atomic E-state index is 12.8. The van der Waals surface area contributed by atoms with Crippen molar-refractivity contribution in [2.45, 2.75) is 32.0 Å². The van der Waals surface area contributed by atoms with Gasteiger partial charge in [-0.1, -0.05) is 49.4 Å². The van der Waals surface area contributed by atoms with Crippen molar-refractivity contribution < 1.29 is 19.7 Å². The van der Waals surface area contributed by atoms with E-state index in [-0.39, 0.29) is 30.5 Å². The van der Waals surface area contributed by atoms with Crippen molar-refractivity contribution in [3.05, 3.63) is 65.7 Å².